The number of benzene rings is 1. The second kappa shape index (κ2) is 5.91. The third-order valence-corrected chi connectivity index (χ3v) is 4.21. The Hall–Kier alpha value is -2.17. The van der Waals surface area contributed by atoms with Crippen LogP contribution >= 0.6 is 0 Å². The summed E-state index contributed by atoms with van der Waals surface area (Å²) in [6.07, 6.45) is 3.14. The summed E-state index contributed by atoms with van der Waals surface area (Å²) >= 11 is 0. The molecule has 1 N–H and O–H groups in total. The Bertz CT molecular complexity index is 762. The SMILES string of the molecule is CCCn1nc(C(=O)N[C@@H](C)C2CC2)c2ccccc2c1=O. The molecule has 1 aromatic carbocycles. The first-order valence-electron chi connectivity index (χ1n) is 7.92. The molecule has 0 aliphatic heterocycles. The van der Waals surface area contributed by atoms with Crippen LogP contribution in [0.2, 0.25) is 0 Å². The molecule has 1 saturated carbocycles. The fourth-order valence-corrected chi connectivity index (χ4v) is 2.76. The van der Waals surface area contributed by atoms with Crippen molar-refractivity contribution in [1.82, 2.24) is 15.1 Å². The number of hydrogen-bond acceptors (Lipinski definition) is 3. The Labute approximate surface area is 129 Å². The quantitative estimate of drug-likeness (QED) is 0.921. The van der Waals surface area contributed by atoms with Gasteiger partial charge in [0, 0.05) is 18.0 Å². The van der Waals surface area contributed by atoms with Gasteiger partial charge in [-0.05, 0) is 38.2 Å². The molecule has 1 aromatic heterocycles. The van der Waals surface area contributed by atoms with Crippen molar-refractivity contribution in [3.8, 4) is 0 Å². The Morgan fingerprint density at radius 2 is 2.05 bits per heavy atom. The summed E-state index contributed by atoms with van der Waals surface area (Å²) < 4.78 is 1.40. The minimum Gasteiger partial charge on any atom is -0.348 e. The molecular formula is C17H21N3O2. The predicted octanol–water partition coefficient (Wildman–Crippen LogP) is 2.33. The van der Waals surface area contributed by atoms with Gasteiger partial charge in [-0.1, -0.05) is 25.1 Å². The molecule has 3 rings (SSSR count). The molecule has 1 heterocycles. The molecule has 22 heavy (non-hydrogen) atoms. The van der Waals surface area contributed by atoms with Gasteiger partial charge < -0.3 is 5.32 Å². The number of rotatable bonds is 5. The van der Waals surface area contributed by atoms with Gasteiger partial charge in [-0.2, -0.15) is 5.10 Å². The highest BCUT2D eigenvalue weighted by molar-refractivity contribution is 6.04. The summed E-state index contributed by atoms with van der Waals surface area (Å²) in [5.41, 5.74) is 0.209. The molecule has 0 unspecified atom stereocenters. The lowest BCUT2D eigenvalue weighted by atomic mass is 10.1. The third-order valence-electron chi connectivity index (χ3n) is 4.21. The van der Waals surface area contributed by atoms with Crippen molar-refractivity contribution in [1.29, 1.82) is 0 Å². The minimum atomic E-state index is -0.194. The third kappa shape index (κ3) is 2.75. The molecule has 5 nitrogen and oxygen atoms in total. The number of hydrogen-bond donors (Lipinski definition) is 1. The van der Waals surface area contributed by atoms with E-state index < -0.39 is 0 Å². The van der Waals surface area contributed by atoms with Crippen LogP contribution in [0.5, 0.6) is 0 Å². The van der Waals surface area contributed by atoms with Gasteiger partial charge in [0.15, 0.2) is 5.69 Å². The summed E-state index contributed by atoms with van der Waals surface area (Å²) in [6, 6.07) is 7.34. The number of carbonyl (C=O) groups excluding carboxylic acids is 1. The van der Waals surface area contributed by atoms with E-state index in [4.69, 9.17) is 0 Å². The Morgan fingerprint density at radius 1 is 1.36 bits per heavy atom. The molecule has 1 aliphatic rings. The van der Waals surface area contributed by atoms with Gasteiger partial charge in [0.2, 0.25) is 0 Å². The fraction of sp³-hybridized carbons (Fsp3) is 0.471. The van der Waals surface area contributed by atoms with Crippen molar-refractivity contribution in [3.05, 3.63) is 40.3 Å². The highest BCUT2D eigenvalue weighted by Crippen LogP contribution is 2.32. The number of amides is 1. The van der Waals surface area contributed by atoms with E-state index in [1.54, 1.807) is 12.1 Å². The molecule has 1 amide bonds. The zero-order valence-corrected chi connectivity index (χ0v) is 13.0. The molecular weight excluding hydrogens is 278 g/mol. The molecule has 0 spiro atoms. The molecule has 5 heteroatoms. The number of carbonyl (C=O) groups is 1. The van der Waals surface area contributed by atoms with Crippen molar-refractivity contribution in [2.45, 2.75) is 45.7 Å². The average molecular weight is 299 g/mol. The first-order chi connectivity index (χ1) is 10.6. The van der Waals surface area contributed by atoms with Crippen LogP contribution in [0.3, 0.4) is 0 Å². The fourth-order valence-electron chi connectivity index (χ4n) is 2.76. The van der Waals surface area contributed by atoms with Gasteiger partial charge in [-0.3, -0.25) is 9.59 Å². The van der Waals surface area contributed by atoms with E-state index in [0.717, 1.165) is 6.42 Å². The van der Waals surface area contributed by atoms with Crippen LogP contribution in [0.4, 0.5) is 0 Å². The number of nitrogens with one attached hydrogen (secondary N) is 1. The van der Waals surface area contributed by atoms with Crippen LogP contribution in [0.1, 0.15) is 43.6 Å². The largest absolute Gasteiger partial charge is 0.348 e. The lowest BCUT2D eigenvalue weighted by Crippen LogP contribution is -2.36. The zero-order chi connectivity index (χ0) is 15.7. The van der Waals surface area contributed by atoms with Crippen LogP contribution in [0, 0.1) is 5.92 Å². The lowest BCUT2D eigenvalue weighted by molar-refractivity contribution is 0.0930. The second-order valence-corrected chi connectivity index (χ2v) is 6.02. The predicted molar refractivity (Wildman–Crippen MR) is 85.9 cm³/mol. The van der Waals surface area contributed by atoms with Crippen LogP contribution in [0.15, 0.2) is 29.1 Å². The van der Waals surface area contributed by atoms with Gasteiger partial charge in [0.05, 0.1) is 5.39 Å². The van der Waals surface area contributed by atoms with Crippen molar-refractivity contribution in [2.24, 2.45) is 5.92 Å². The van der Waals surface area contributed by atoms with E-state index in [2.05, 4.69) is 10.4 Å². The van der Waals surface area contributed by atoms with Crippen LogP contribution < -0.4 is 10.9 Å². The van der Waals surface area contributed by atoms with Crippen molar-refractivity contribution < 1.29 is 4.79 Å². The first-order valence-corrected chi connectivity index (χ1v) is 7.92. The molecule has 0 saturated heterocycles. The highest BCUT2D eigenvalue weighted by atomic mass is 16.2. The molecule has 1 aliphatic carbocycles. The van der Waals surface area contributed by atoms with E-state index in [9.17, 15) is 9.59 Å². The zero-order valence-electron chi connectivity index (χ0n) is 13.0. The van der Waals surface area contributed by atoms with Gasteiger partial charge in [-0.25, -0.2) is 4.68 Å². The molecule has 2 aromatic rings. The lowest BCUT2D eigenvalue weighted by Gasteiger charge is -2.14. The number of aromatic nitrogens is 2. The smallest absolute Gasteiger partial charge is 0.274 e. The van der Waals surface area contributed by atoms with Gasteiger partial charge in [0.1, 0.15) is 0 Å². The monoisotopic (exact) mass is 299 g/mol. The normalized spacial score (nSPS) is 15.7. The maximum absolute atomic E-state index is 12.6. The highest BCUT2D eigenvalue weighted by Gasteiger charge is 2.30. The summed E-state index contributed by atoms with van der Waals surface area (Å²) in [5.74, 6) is 0.386. The molecule has 0 bridgehead atoms. The van der Waals surface area contributed by atoms with E-state index in [-0.39, 0.29) is 17.5 Å². The minimum absolute atomic E-state index is 0.135. The maximum Gasteiger partial charge on any atom is 0.274 e. The molecule has 1 atom stereocenters. The van der Waals surface area contributed by atoms with Crippen LogP contribution in [0.25, 0.3) is 10.8 Å². The van der Waals surface area contributed by atoms with Crippen LogP contribution in [-0.2, 0) is 6.54 Å². The number of nitrogens with zero attached hydrogens (tertiary/aromatic N) is 2. The van der Waals surface area contributed by atoms with Gasteiger partial charge >= 0.3 is 0 Å². The molecule has 116 valence electrons. The Kier molecular flexibility index (Phi) is 3.96. The van der Waals surface area contributed by atoms with Crippen molar-refractivity contribution >= 4 is 16.7 Å². The van der Waals surface area contributed by atoms with E-state index in [1.165, 1.54) is 17.5 Å². The topological polar surface area (TPSA) is 64.0 Å². The summed E-state index contributed by atoms with van der Waals surface area (Å²) in [6.45, 7) is 4.53. The maximum atomic E-state index is 12.6. The molecule has 0 radical (unpaired) electrons. The van der Waals surface area contributed by atoms with Crippen molar-refractivity contribution in [2.75, 3.05) is 0 Å². The van der Waals surface area contributed by atoms with Gasteiger partial charge in [0.25, 0.3) is 11.5 Å². The summed E-state index contributed by atoms with van der Waals surface area (Å²) in [5, 5.41) is 8.51. The van der Waals surface area contributed by atoms with Crippen LogP contribution in [-0.4, -0.2) is 21.7 Å². The van der Waals surface area contributed by atoms with Gasteiger partial charge in [-0.15, -0.1) is 0 Å². The average Bonchev–Trinajstić information content (AvgIpc) is 3.35. The summed E-state index contributed by atoms with van der Waals surface area (Å²) in [4.78, 5) is 25.0. The van der Waals surface area contributed by atoms with E-state index in [0.29, 0.717) is 28.9 Å². The Balaban J connectivity index is 2.04. The van der Waals surface area contributed by atoms with E-state index in [1.807, 2.05) is 26.0 Å². The number of fused-ring (bicyclic) bond motifs is 1. The molecule has 1 fully saturated rings. The number of aryl methyl sites for hydroxylation is 1. The van der Waals surface area contributed by atoms with E-state index >= 15 is 0 Å². The standard InChI is InChI=1S/C17H21N3O2/c1-3-10-20-17(22)14-7-5-4-6-13(14)15(19-20)16(21)18-11(2)12-8-9-12/h4-7,11-12H,3,8-10H2,1-2H3,(H,18,21)/t11-/m0/s1. The second-order valence-electron chi connectivity index (χ2n) is 6.02. The first kappa shape index (κ1) is 14.8. The Morgan fingerprint density at radius 3 is 2.68 bits per heavy atom. The summed E-state index contributed by atoms with van der Waals surface area (Å²) in [7, 11) is 0. The van der Waals surface area contributed by atoms with Crippen molar-refractivity contribution in [3.63, 3.8) is 0 Å².